The van der Waals surface area contributed by atoms with Crippen LogP contribution in [0.2, 0.25) is 0 Å². The maximum atomic E-state index is 12.5. The molecule has 2 heterocycles. The molecule has 0 unspecified atom stereocenters. The predicted octanol–water partition coefficient (Wildman–Crippen LogP) is 0.794. The summed E-state index contributed by atoms with van der Waals surface area (Å²) < 4.78 is 27.6. The van der Waals surface area contributed by atoms with Gasteiger partial charge in [-0.1, -0.05) is 17.7 Å². The van der Waals surface area contributed by atoms with Crippen LogP contribution in [-0.4, -0.2) is 40.5 Å². The molecule has 3 rings (SSSR count). The molecule has 124 valence electrons. The van der Waals surface area contributed by atoms with Crippen molar-refractivity contribution in [3.05, 3.63) is 35.4 Å². The van der Waals surface area contributed by atoms with Crippen molar-refractivity contribution in [1.82, 2.24) is 10.0 Å². The van der Waals surface area contributed by atoms with E-state index < -0.39 is 10.0 Å². The van der Waals surface area contributed by atoms with Crippen LogP contribution in [0.5, 0.6) is 0 Å². The first-order valence-electron chi connectivity index (χ1n) is 7.77. The maximum Gasteiger partial charge on any atom is 0.240 e. The van der Waals surface area contributed by atoms with Crippen molar-refractivity contribution < 1.29 is 13.2 Å². The van der Waals surface area contributed by atoms with Crippen LogP contribution < -0.4 is 14.9 Å². The molecule has 1 amide bonds. The van der Waals surface area contributed by atoms with Crippen molar-refractivity contribution >= 4 is 21.6 Å². The number of benzene rings is 1. The number of fused-ring (bicyclic) bond motifs is 1. The van der Waals surface area contributed by atoms with Crippen LogP contribution in [0.1, 0.15) is 18.9 Å². The summed E-state index contributed by atoms with van der Waals surface area (Å²) in [5.41, 5.74) is 2.82. The molecular weight excluding hydrogens is 314 g/mol. The fourth-order valence-corrected chi connectivity index (χ4v) is 4.01. The van der Waals surface area contributed by atoms with E-state index in [0.717, 1.165) is 37.1 Å². The lowest BCUT2D eigenvalue weighted by Crippen LogP contribution is -2.30. The summed E-state index contributed by atoms with van der Waals surface area (Å²) in [5.74, 6) is -0.0638. The minimum absolute atomic E-state index is 0.0638. The SMILES string of the molecule is CC(=O)N1CCc2ccc(S(=O)(=O)NCC3=CCNCC3)cc21. The van der Waals surface area contributed by atoms with Crippen molar-refractivity contribution in [2.45, 2.75) is 24.7 Å². The second-order valence-corrected chi connectivity index (χ2v) is 7.62. The Morgan fingerprint density at radius 1 is 1.35 bits per heavy atom. The fraction of sp³-hybridized carbons (Fsp3) is 0.438. The lowest BCUT2D eigenvalue weighted by atomic mass is 10.1. The van der Waals surface area contributed by atoms with E-state index >= 15 is 0 Å². The third-order valence-corrected chi connectivity index (χ3v) is 5.69. The second-order valence-electron chi connectivity index (χ2n) is 5.85. The third kappa shape index (κ3) is 3.46. The van der Waals surface area contributed by atoms with Crippen LogP contribution in [0.15, 0.2) is 34.7 Å². The molecule has 0 spiro atoms. The molecule has 0 saturated carbocycles. The summed E-state index contributed by atoms with van der Waals surface area (Å²) in [6, 6.07) is 5.01. The smallest absolute Gasteiger partial charge is 0.240 e. The summed E-state index contributed by atoms with van der Waals surface area (Å²) in [6.45, 7) is 4.10. The fourth-order valence-electron chi connectivity index (χ4n) is 2.95. The number of carbonyl (C=O) groups is 1. The van der Waals surface area contributed by atoms with Crippen molar-refractivity contribution in [3.8, 4) is 0 Å². The maximum absolute atomic E-state index is 12.5. The highest BCUT2D eigenvalue weighted by atomic mass is 32.2. The first-order valence-corrected chi connectivity index (χ1v) is 9.25. The number of nitrogens with zero attached hydrogens (tertiary/aromatic N) is 1. The Morgan fingerprint density at radius 3 is 2.87 bits per heavy atom. The van der Waals surface area contributed by atoms with Gasteiger partial charge in [-0.2, -0.15) is 0 Å². The Bertz CT molecular complexity index is 756. The minimum Gasteiger partial charge on any atom is -0.313 e. The molecule has 0 aliphatic carbocycles. The number of hydrogen-bond donors (Lipinski definition) is 2. The van der Waals surface area contributed by atoms with E-state index in [4.69, 9.17) is 0 Å². The van der Waals surface area contributed by atoms with Gasteiger partial charge in [0.2, 0.25) is 15.9 Å². The molecular formula is C16H21N3O3S. The zero-order chi connectivity index (χ0) is 16.4. The van der Waals surface area contributed by atoms with Gasteiger partial charge in [-0.25, -0.2) is 13.1 Å². The van der Waals surface area contributed by atoms with Gasteiger partial charge in [-0.3, -0.25) is 4.79 Å². The van der Waals surface area contributed by atoms with E-state index in [1.54, 1.807) is 23.1 Å². The lowest BCUT2D eigenvalue weighted by molar-refractivity contribution is -0.116. The normalized spacial score (nSPS) is 17.8. The molecule has 1 aromatic rings. The molecule has 0 atom stereocenters. The molecule has 0 saturated heterocycles. The molecule has 2 aliphatic rings. The number of amides is 1. The minimum atomic E-state index is -3.58. The third-order valence-electron chi connectivity index (χ3n) is 4.29. The van der Waals surface area contributed by atoms with Crippen LogP contribution in [0.4, 0.5) is 5.69 Å². The summed E-state index contributed by atoms with van der Waals surface area (Å²) >= 11 is 0. The quantitative estimate of drug-likeness (QED) is 0.798. The van der Waals surface area contributed by atoms with Gasteiger partial charge in [0, 0.05) is 32.2 Å². The highest BCUT2D eigenvalue weighted by Gasteiger charge is 2.25. The van der Waals surface area contributed by atoms with E-state index in [2.05, 4.69) is 10.0 Å². The van der Waals surface area contributed by atoms with Gasteiger partial charge in [-0.15, -0.1) is 0 Å². The Hall–Kier alpha value is -1.70. The van der Waals surface area contributed by atoms with Gasteiger partial charge < -0.3 is 10.2 Å². The molecule has 0 fully saturated rings. The van der Waals surface area contributed by atoms with Crippen LogP contribution in [0.3, 0.4) is 0 Å². The van der Waals surface area contributed by atoms with E-state index in [0.29, 0.717) is 18.8 Å². The average molecular weight is 335 g/mol. The van der Waals surface area contributed by atoms with Crippen molar-refractivity contribution in [2.75, 3.05) is 31.1 Å². The number of nitrogens with one attached hydrogen (secondary N) is 2. The summed E-state index contributed by atoms with van der Waals surface area (Å²) in [7, 11) is -3.58. The highest BCUT2D eigenvalue weighted by molar-refractivity contribution is 7.89. The molecule has 1 aromatic carbocycles. The van der Waals surface area contributed by atoms with E-state index in [1.165, 1.54) is 6.92 Å². The van der Waals surface area contributed by atoms with E-state index in [9.17, 15) is 13.2 Å². The first-order chi connectivity index (χ1) is 11.0. The number of rotatable bonds is 4. The van der Waals surface area contributed by atoms with Gasteiger partial charge in [0.25, 0.3) is 0 Å². The Kier molecular flexibility index (Phi) is 4.52. The highest BCUT2D eigenvalue weighted by Crippen LogP contribution is 2.30. The van der Waals surface area contributed by atoms with Crippen molar-refractivity contribution in [2.24, 2.45) is 0 Å². The van der Waals surface area contributed by atoms with Crippen LogP contribution in [-0.2, 0) is 21.2 Å². The Labute approximate surface area is 136 Å². The van der Waals surface area contributed by atoms with E-state index in [-0.39, 0.29) is 10.8 Å². The average Bonchev–Trinajstić information content (AvgIpc) is 2.97. The Morgan fingerprint density at radius 2 is 2.17 bits per heavy atom. The van der Waals surface area contributed by atoms with Crippen LogP contribution >= 0.6 is 0 Å². The number of sulfonamides is 1. The van der Waals surface area contributed by atoms with Crippen molar-refractivity contribution in [3.63, 3.8) is 0 Å². The first kappa shape index (κ1) is 16.2. The second kappa shape index (κ2) is 6.43. The predicted molar refractivity (Wildman–Crippen MR) is 88.9 cm³/mol. The van der Waals surface area contributed by atoms with Gasteiger partial charge in [-0.05, 0) is 37.1 Å². The lowest BCUT2D eigenvalue weighted by Gasteiger charge is -2.17. The molecule has 2 N–H and O–H groups in total. The molecule has 0 radical (unpaired) electrons. The standard InChI is InChI=1S/C16H21N3O3S/c1-12(20)19-9-6-14-2-3-15(10-16(14)19)23(21,22)18-11-13-4-7-17-8-5-13/h2-4,10,17-18H,5-9,11H2,1H3. The molecule has 23 heavy (non-hydrogen) atoms. The molecule has 7 heteroatoms. The van der Waals surface area contributed by atoms with Crippen LogP contribution in [0, 0.1) is 0 Å². The van der Waals surface area contributed by atoms with Gasteiger partial charge >= 0.3 is 0 Å². The van der Waals surface area contributed by atoms with Gasteiger partial charge in [0.05, 0.1) is 4.90 Å². The molecule has 0 aromatic heterocycles. The van der Waals surface area contributed by atoms with Gasteiger partial charge in [0.15, 0.2) is 0 Å². The van der Waals surface area contributed by atoms with Crippen molar-refractivity contribution in [1.29, 1.82) is 0 Å². The number of anilines is 1. The van der Waals surface area contributed by atoms with Crippen LogP contribution in [0.25, 0.3) is 0 Å². The summed E-state index contributed by atoms with van der Waals surface area (Å²) in [5, 5.41) is 3.20. The van der Waals surface area contributed by atoms with E-state index in [1.807, 2.05) is 6.08 Å². The zero-order valence-corrected chi connectivity index (χ0v) is 13.9. The topological polar surface area (TPSA) is 78.5 Å². The molecule has 0 bridgehead atoms. The summed E-state index contributed by atoms with van der Waals surface area (Å²) in [6.07, 6.45) is 3.64. The summed E-state index contributed by atoms with van der Waals surface area (Å²) in [4.78, 5) is 13.5. The Balaban J connectivity index is 1.79. The van der Waals surface area contributed by atoms with Gasteiger partial charge in [0.1, 0.15) is 0 Å². The molecule has 6 nitrogen and oxygen atoms in total. The monoisotopic (exact) mass is 335 g/mol. The number of carbonyl (C=O) groups excluding carboxylic acids is 1. The zero-order valence-electron chi connectivity index (χ0n) is 13.1. The number of hydrogen-bond acceptors (Lipinski definition) is 4. The molecule has 2 aliphatic heterocycles. The largest absolute Gasteiger partial charge is 0.313 e.